The van der Waals surface area contributed by atoms with Gasteiger partial charge < -0.3 is 10.2 Å². The Balaban J connectivity index is 1.82. The quantitative estimate of drug-likeness (QED) is 0.214. The van der Waals surface area contributed by atoms with Crippen LogP contribution >= 0.6 is 0 Å². The molecule has 4 rings (SSSR count). The highest BCUT2D eigenvalue weighted by atomic mass is 32.2. The summed E-state index contributed by atoms with van der Waals surface area (Å²) in [5.41, 5.74) is 2.47. The SMILES string of the molecule is Cc1ccc(N(CC(=O)N(Cc2ccccc2F)[C@H](Cc2ccccc2)C(=O)NC(C)(C)C)S(=O)(=O)c2ccc(C)cc2)cc1. The van der Waals surface area contributed by atoms with Crippen LogP contribution in [-0.4, -0.2) is 43.3 Å². The molecule has 4 aromatic rings. The Bertz CT molecular complexity index is 1720. The van der Waals surface area contributed by atoms with Crippen LogP contribution in [0.4, 0.5) is 10.1 Å². The first-order valence-electron chi connectivity index (χ1n) is 14.8. The van der Waals surface area contributed by atoms with Gasteiger partial charge in [0.15, 0.2) is 0 Å². The molecule has 0 aliphatic rings. The predicted octanol–water partition coefficient (Wildman–Crippen LogP) is 6.19. The van der Waals surface area contributed by atoms with Crippen LogP contribution in [0.2, 0.25) is 0 Å². The van der Waals surface area contributed by atoms with E-state index >= 15 is 4.39 Å². The highest BCUT2D eigenvalue weighted by molar-refractivity contribution is 7.92. The second kappa shape index (κ2) is 14.1. The maximum Gasteiger partial charge on any atom is 0.264 e. The average Bonchev–Trinajstić information content (AvgIpc) is 2.99. The van der Waals surface area contributed by atoms with Crippen molar-refractivity contribution in [1.29, 1.82) is 0 Å². The number of nitrogens with zero attached hydrogens (tertiary/aromatic N) is 2. The molecule has 1 N–H and O–H groups in total. The molecule has 0 aliphatic carbocycles. The van der Waals surface area contributed by atoms with Crippen LogP contribution in [0.15, 0.2) is 108 Å². The minimum absolute atomic E-state index is 0.0217. The summed E-state index contributed by atoms with van der Waals surface area (Å²) >= 11 is 0. The van der Waals surface area contributed by atoms with E-state index in [2.05, 4.69) is 5.32 Å². The van der Waals surface area contributed by atoms with Crippen molar-refractivity contribution in [1.82, 2.24) is 10.2 Å². The topological polar surface area (TPSA) is 86.8 Å². The molecule has 0 radical (unpaired) electrons. The van der Waals surface area contributed by atoms with Crippen molar-refractivity contribution >= 4 is 27.5 Å². The monoisotopic (exact) mass is 629 g/mol. The van der Waals surface area contributed by atoms with Crippen molar-refractivity contribution in [2.75, 3.05) is 10.8 Å². The van der Waals surface area contributed by atoms with E-state index < -0.39 is 45.8 Å². The van der Waals surface area contributed by atoms with Gasteiger partial charge in [-0.15, -0.1) is 0 Å². The molecule has 0 spiro atoms. The molecule has 0 fully saturated rings. The summed E-state index contributed by atoms with van der Waals surface area (Å²) < 4.78 is 44.3. The molecule has 0 saturated carbocycles. The summed E-state index contributed by atoms with van der Waals surface area (Å²) in [4.78, 5) is 29.7. The molecular weight excluding hydrogens is 589 g/mol. The molecule has 0 aliphatic heterocycles. The number of sulfonamides is 1. The number of hydrogen-bond acceptors (Lipinski definition) is 4. The van der Waals surface area contributed by atoms with Gasteiger partial charge in [-0.3, -0.25) is 13.9 Å². The third kappa shape index (κ3) is 8.79. The van der Waals surface area contributed by atoms with Crippen molar-refractivity contribution in [3.63, 3.8) is 0 Å². The Morgan fingerprint density at radius 1 is 0.800 bits per heavy atom. The van der Waals surface area contributed by atoms with Crippen LogP contribution in [0.3, 0.4) is 0 Å². The minimum Gasteiger partial charge on any atom is -0.350 e. The van der Waals surface area contributed by atoms with Gasteiger partial charge in [0.1, 0.15) is 18.4 Å². The van der Waals surface area contributed by atoms with E-state index in [1.165, 1.54) is 23.1 Å². The number of amides is 2. The lowest BCUT2D eigenvalue weighted by Gasteiger charge is -2.35. The van der Waals surface area contributed by atoms with Gasteiger partial charge >= 0.3 is 0 Å². The van der Waals surface area contributed by atoms with Gasteiger partial charge in [-0.25, -0.2) is 12.8 Å². The largest absolute Gasteiger partial charge is 0.350 e. The second-order valence-corrected chi connectivity index (χ2v) is 14.1. The van der Waals surface area contributed by atoms with Crippen molar-refractivity contribution in [3.8, 4) is 0 Å². The molecule has 7 nitrogen and oxygen atoms in total. The zero-order valence-corrected chi connectivity index (χ0v) is 27.1. The lowest BCUT2D eigenvalue weighted by atomic mass is 10.0. The molecule has 1 atom stereocenters. The fraction of sp³-hybridized carbons (Fsp3) is 0.278. The molecule has 0 unspecified atom stereocenters. The lowest BCUT2D eigenvalue weighted by molar-refractivity contribution is -0.140. The maximum absolute atomic E-state index is 15.0. The Hall–Kier alpha value is -4.50. The molecule has 4 aromatic carbocycles. The van der Waals surface area contributed by atoms with Gasteiger partial charge in [-0.2, -0.15) is 0 Å². The Kier molecular flexibility index (Phi) is 10.4. The summed E-state index contributed by atoms with van der Waals surface area (Å²) in [6, 6.07) is 27.4. The van der Waals surface area contributed by atoms with E-state index in [1.807, 2.05) is 65.0 Å². The summed E-state index contributed by atoms with van der Waals surface area (Å²) in [5, 5.41) is 2.97. The number of carbonyl (C=O) groups excluding carboxylic acids is 2. The van der Waals surface area contributed by atoms with E-state index in [0.29, 0.717) is 5.69 Å². The predicted molar refractivity (Wildman–Crippen MR) is 176 cm³/mol. The number of hydrogen-bond donors (Lipinski definition) is 1. The maximum atomic E-state index is 15.0. The van der Waals surface area contributed by atoms with E-state index in [1.54, 1.807) is 54.6 Å². The zero-order valence-electron chi connectivity index (χ0n) is 26.3. The molecule has 2 amide bonds. The first kappa shape index (κ1) is 33.4. The Morgan fingerprint density at radius 3 is 1.93 bits per heavy atom. The number of anilines is 1. The Morgan fingerprint density at radius 2 is 1.36 bits per heavy atom. The first-order chi connectivity index (χ1) is 21.2. The molecule has 0 heterocycles. The Labute approximate surface area is 265 Å². The normalized spacial score (nSPS) is 12.3. The number of benzene rings is 4. The summed E-state index contributed by atoms with van der Waals surface area (Å²) in [6.07, 6.45) is 0.137. The van der Waals surface area contributed by atoms with Gasteiger partial charge in [-0.05, 0) is 70.5 Å². The number of carbonyl (C=O) groups is 2. The number of rotatable bonds is 11. The van der Waals surface area contributed by atoms with E-state index in [0.717, 1.165) is 21.0 Å². The number of halogens is 1. The fourth-order valence-corrected chi connectivity index (χ4v) is 6.31. The summed E-state index contributed by atoms with van der Waals surface area (Å²) in [5.74, 6) is -1.62. The van der Waals surface area contributed by atoms with Crippen molar-refractivity contribution < 1.29 is 22.4 Å². The molecule has 0 saturated heterocycles. The molecule has 0 aromatic heterocycles. The summed E-state index contributed by atoms with van der Waals surface area (Å²) in [7, 11) is -4.22. The fourth-order valence-electron chi connectivity index (χ4n) is 4.89. The molecule has 0 bridgehead atoms. The number of nitrogens with one attached hydrogen (secondary N) is 1. The van der Waals surface area contributed by atoms with E-state index in [9.17, 15) is 18.0 Å². The van der Waals surface area contributed by atoms with Crippen LogP contribution in [0, 0.1) is 19.7 Å². The van der Waals surface area contributed by atoms with E-state index in [-0.39, 0.29) is 23.4 Å². The third-order valence-corrected chi connectivity index (χ3v) is 9.07. The molecule has 236 valence electrons. The van der Waals surface area contributed by atoms with Gasteiger partial charge in [-0.1, -0.05) is 83.9 Å². The van der Waals surface area contributed by atoms with Crippen LogP contribution in [0.5, 0.6) is 0 Å². The van der Waals surface area contributed by atoms with Crippen molar-refractivity contribution in [2.45, 2.75) is 64.1 Å². The minimum atomic E-state index is -4.22. The lowest BCUT2D eigenvalue weighted by Crippen LogP contribution is -2.56. The average molecular weight is 630 g/mol. The van der Waals surface area contributed by atoms with Crippen LogP contribution in [-0.2, 0) is 32.6 Å². The standard InChI is InChI=1S/C36H40FN3O4S/c1-26-15-19-30(20-16-26)40(45(43,44)31-21-17-27(2)18-22-31)25-34(41)39(24-29-13-9-10-14-32(29)37)33(35(42)38-36(3,4)5)23-28-11-7-6-8-12-28/h6-22,33H,23-25H2,1-5H3,(H,38,42)/t33-/m1/s1. The smallest absolute Gasteiger partial charge is 0.264 e. The first-order valence-corrected chi connectivity index (χ1v) is 16.2. The highest BCUT2D eigenvalue weighted by Gasteiger charge is 2.36. The van der Waals surface area contributed by atoms with Gasteiger partial charge in [0.2, 0.25) is 11.8 Å². The van der Waals surface area contributed by atoms with Gasteiger partial charge in [0, 0.05) is 24.1 Å². The van der Waals surface area contributed by atoms with Gasteiger partial charge in [0.25, 0.3) is 10.0 Å². The van der Waals surface area contributed by atoms with E-state index in [4.69, 9.17) is 0 Å². The summed E-state index contributed by atoms with van der Waals surface area (Å²) in [6.45, 7) is 8.39. The second-order valence-electron chi connectivity index (χ2n) is 12.2. The molecule has 45 heavy (non-hydrogen) atoms. The van der Waals surface area contributed by atoms with Crippen molar-refractivity contribution in [3.05, 3.63) is 131 Å². The van der Waals surface area contributed by atoms with Gasteiger partial charge in [0.05, 0.1) is 10.6 Å². The van der Waals surface area contributed by atoms with Crippen molar-refractivity contribution in [2.24, 2.45) is 0 Å². The molecule has 9 heteroatoms. The molecular formula is C36H40FN3O4S. The van der Waals surface area contributed by atoms with Crippen LogP contribution < -0.4 is 9.62 Å². The number of aryl methyl sites for hydroxylation is 2. The zero-order chi connectivity index (χ0) is 32.8. The highest BCUT2D eigenvalue weighted by Crippen LogP contribution is 2.26. The van der Waals surface area contributed by atoms with Crippen LogP contribution in [0.25, 0.3) is 0 Å². The van der Waals surface area contributed by atoms with Crippen LogP contribution in [0.1, 0.15) is 43.0 Å². The third-order valence-electron chi connectivity index (χ3n) is 7.28.